The number of halogens is 4. The minimum Gasteiger partial charge on any atom is -0.289 e. The molecule has 0 aliphatic carbocycles. The van der Waals surface area contributed by atoms with Crippen molar-refractivity contribution in [2.75, 3.05) is 0 Å². The first-order valence-electron chi connectivity index (χ1n) is 4.01. The molecule has 3 nitrogen and oxygen atoms in total. The zero-order valence-electron chi connectivity index (χ0n) is 8.02. The van der Waals surface area contributed by atoms with Gasteiger partial charge in [0.25, 0.3) is 0 Å². The number of rotatable bonds is 2. The highest BCUT2D eigenvalue weighted by molar-refractivity contribution is 6.30. The lowest BCUT2D eigenvalue weighted by molar-refractivity contribution is -0.170. The number of Topliss-reactive ketones (excluding diaryl/α,β-unsaturated/α-hetero) is 1. The number of carbonyl (C=O) groups excluding carboxylic acids is 1. The fourth-order valence-electron chi connectivity index (χ4n) is 1.14. The molecule has 0 N–H and O–H groups in total. The number of hydrogen-bond donors (Lipinski definition) is 0. The topological polar surface area (TPSA) is 34.9 Å². The van der Waals surface area contributed by atoms with Gasteiger partial charge in [-0.25, -0.2) is 0 Å². The van der Waals surface area contributed by atoms with Gasteiger partial charge in [-0.2, -0.15) is 18.3 Å². The zero-order valence-corrected chi connectivity index (χ0v) is 8.78. The summed E-state index contributed by atoms with van der Waals surface area (Å²) in [6.45, 7) is 1.50. The predicted octanol–water partition coefficient (Wildman–Crippen LogP) is 2.06. The summed E-state index contributed by atoms with van der Waals surface area (Å²) in [5.41, 5.74) is 0.460. The predicted molar refractivity (Wildman–Crippen MR) is 47.7 cm³/mol. The average molecular weight is 241 g/mol. The average Bonchev–Trinajstić information content (AvgIpc) is 2.30. The number of carbonyl (C=O) groups is 1. The third-order valence-corrected chi connectivity index (χ3v) is 2.40. The quantitative estimate of drug-likeness (QED) is 0.793. The molecular weight excluding hydrogens is 233 g/mol. The second-order valence-corrected chi connectivity index (χ2v) is 3.43. The van der Waals surface area contributed by atoms with Crippen LogP contribution in [0.5, 0.6) is 0 Å². The smallest absolute Gasteiger partial charge is 0.289 e. The van der Waals surface area contributed by atoms with E-state index in [9.17, 15) is 18.0 Å². The molecule has 1 rings (SSSR count). The number of hydrogen-bond acceptors (Lipinski definition) is 2. The van der Waals surface area contributed by atoms with Crippen LogP contribution in [0.1, 0.15) is 11.3 Å². The summed E-state index contributed by atoms with van der Waals surface area (Å²) in [5, 5.41) is 3.87. The Morgan fingerprint density at radius 2 is 2.07 bits per heavy atom. The maximum absolute atomic E-state index is 12.0. The normalized spacial score (nSPS) is 11.9. The van der Waals surface area contributed by atoms with Gasteiger partial charge >= 0.3 is 6.18 Å². The van der Waals surface area contributed by atoms with Crippen molar-refractivity contribution in [3.8, 4) is 0 Å². The van der Waals surface area contributed by atoms with Gasteiger partial charge in [-0.1, -0.05) is 11.6 Å². The maximum atomic E-state index is 12.0. The second kappa shape index (κ2) is 3.84. The molecular formula is C8H8ClF3N2O. The molecule has 0 spiro atoms. The monoisotopic (exact) mass is 240 g/mol. The molecule has 0 saturated carbocycles. The summed E-state index contributed by atoms with van der Waals surface area (Å²) in [7, 11) is 1.50. The minimum atomic E-state index is -4.83. The first-order valence-corrected chi connectivity index (χ1v) is 4.39. The molecule has 1 aromatic heterocycles. The Morgan fingerprint density at radius 3 is 2.40 bits per heavy atom. The molecule has 0 amide bonds. The lowest BCUT2D eigenvalue weighted by Crippen LogP contribution is -2.24. The highest BCUT2D eigenvalue weighted by Gasteiger charge is 2.38. The van der Waals surface area contributed by atoms with Crippen LogP contribution in [-0.2, 0) is 18.3 Å². The van der Waals surface area contributed by atoms with Gasteiger partial charge in [0.15, 0.2) is 0 Å². The van der Waals surface area contributed by atoms with Gasteiger partial charge in [0.1, 0.15) is 5.15 Å². The molecule has 0 aliphatic rings. The Kier molecular flexibility index (Phi) is 3.08. The van der Waals surface area contributed by atoms with E-state index in [1.165, 1.54) is 18.7 Å². The number of alkyl halides is 3. The molecule has 0 atom stereocenters. The van der Waals surface area contributed by atoms with Crippen LogP contribution in [0.3, 0.4) is 0 Å². The molecule has 0 unspecified atom stereocenters. The Bertz CT molecular complexity index is 397. The van der Waals surface area contributed by atoms with Crippen LogP contribution in [0.25, 0.3) is 0 Å². The second-order valence-electron chi connectivity index (χ2n) is 3.08. The van der Waals surface area contributed by atoms with Gasteiger partial charge in [-0.15, -0.1) is 0 Å². The van der Waals surface area contributed by atoms with E-state index in [1.807, 2.05) is 0 Å². The minimum absolute atomic E-state index is 0.0603. The fourth-order valence-corrected chi connectivity index (χ4v) is 1.38. The number of aryl methyl sites for hydroxylation is 2. The summed E-state index contributed by atoms with van der Waals surface area (Å²) in [6.07, 6.45) is -5.59. The highest BCUT2D eigenvalue weighted by Crippen LogP contribution is 2.24. The van der Waals surface area contributed by atoms with Gasteiger partial charge < -0.3 is 0 Å². The molecule has 15 heavy (non-hydrogen) atoms. The van der Waals surface area contributed by atoms with Crippen molar-refractivity contribution < 1.29 is 18.0 Å². The van der Waals surface area contributed by atoms with Gasteiger partial charge in [-0.05, 0) is 6.92 Å². The van der Waals surface area contributed by atoms with E-state index >= 15 is 0 Å². The molecule has 1 aromatic rings. The van der Waals surface area contributed by atoms with Crippen LogP contribution in [0, 0.1) is 6.92 Å². The number of nitrogens with zero attached hydrogens (tertiary/aromatic N) is 2. The molecule has 0 radical (unpaired) electrons. The molecule has 0 fully saturated rings. The van der Waals surface area contributed by atoms with E-state index < -0.39 is 18.4 Å². The van der Waals surface area contributed by atoms with Gasteiger partial charge in [0.2, 0.25) is 5.78 Å². The SMILES string of the molecule is Cc1nn(C)c(Cl)c1CC(=O)C(F)(F)F. The summed E-state index contributed by atoms with van der Waals surface area (Å²) in [5.74, 6) is -1.82. The zero-order chi connectivity index (χ0) is 11.8. The Balaban J connectivity index is 2.95. The summed E-state index contributed by atoms with van der Waals surface area (Å²) in [4.78, 5) is 10.7. The van der Waals surface area contributed by atoms with Crippen molar-refractivity contribution >= 4 is 17.4 Å². The fraction of sp³-hybridized carbons (Fsp3) is 0.500. The van der Waals surface area contributed by atoms with E-state index in [0.717, 1.165) is 0 Å². The van der Waals surface area contributed by atoms with Crippen molar-refractivity contribution in [2.45, 2.75) is 19.5 Å². The molecule has 0 saturated heterocycles. The van der Waals surface area contributed by atoms with Crippen LogP contribution in [0.4, 0.5) is 13.2 Å². The van der Waals surface area contributed by atoms with E-state index in [4.69, 9.17) is 11.6 Å². The first kappa shape index (κ1) is 12.0. The van der Waals surface area contributed by atoms with Gasteiger partial charge in [-0.3, -0.25) is 9.48 Å². The summed E-state index contributed by atoms with van der Waals surface area (Å²) in [6, 6.07) is 0. The maximum Gasteiger partial charge on any atom is 0.450 e. The van der Waals surface area contributed by atoms with E-state index in [0.29, 0.717) is 5.69 Å². The van der Waals surface area contributed by atoms with Crippen LogP contribution in [-0.4, -0.2) is 21.7 Å². The van der Waals surface area contributed by atoms with Crippen molar-refractivity contribution in [1.82, 2.24) is 9.78 Å². The Morgan fingerprint density at radius 1 is 1.53 bits per heavy atom. The number of ketones is 1. The lowest BCUT2D eigenvalue weighted by atomic mass is 10.1. The van der Waals surface area contributed by atoms with Crippen LogP contribution in [0.2, 0.25) is 5.15 Å². The largest absolute Gasteiger partial charge is 0.450 e. The Labute approximate surface area is 88.8 Å². The van der Waals surface area contributed by atoms with Gasteiger partial charge in [0.05, 0.1) is 5.69 Å². The van der Waals surface area contributed by atoms with E-state index in [-0.39, 0.29) is 10.7 Å². The molecule has 0 aromatic carbocycles. The van der Waals surface area contributed by atoms with Crippen LogP contribution in [0.15, 0.2) is 0 Å². The molecule has 0 aliphatic heterocycles. The standard InChI is InChI=1S/C8H8ClF3N2O/c1-4-5(7(9)14(2)13-4)3-6(15)8(10,11)12/h3H2,1-2H3. The summed E-state index contributed by atoms with van der Waals surface area (Å²) >= 11 is 5.69. The molecule has 0 bridgehead atoms. The van der Waals surface area contributed by atoms with Crippen molar-refractivity contribution in [2.24, 2.45) is 7.05 Å². The van der Waals surface area contributed by atoms with Crippen LogP contribution >= 0.6 is 11.6 Å². The first-order chi connectivity index (χ1) is 6.73. The van der Waals surface area contributed by atoms with Crippen LogP contribution < -0.4 is 0 Å². The van der Waals surface area contributed by atoms with Crippen molar-refractivity contribution in [3.63, 3.8) is 0 Å². The summed E-state index contributed by atoms with van der Waals surface area (Å²) < 4.78 is 37.2. The third kappa shape index (κ3) is 2.50. The van der Waals surface area contributed by atoms with Crippen molar-refractivity contribution in [3.05, 3.63) is 16.4 Å². The van der Waals surface area contributed by atoms with Gasteiger partial charge in [0, 0.05) is 19.0 Å². The van der Waals surface area contributed by atoms with Crippen molar-refractivity contribution in [1.29, 1.82) is 0 Å². The third-order valence-electron chi connectivity index (χ3n) is 1.92. The number of aromatic nitrogens is 2. The van der Waals surface area contributed by atoms with E-state index in [1.54, 1.807) is 0 Å². The highest BCUT2D eigenvalue weighted by atomic mass is 35.5. The molecule has 84 valence electrons. The molecule has 7 heteroatoms. The Hall–Kier alpha value is -1.04. The van der Waals surface area contributed by atoms with E-state index in [2.05, 4.69) is 5.10 Å². The molecule has 1 heterocycles. The lowest BCUT2D eigenvalue weighted by Gasteiger charge is -2.04.